The molecule has 0 spiro atoms. The Balaban J connectivity index is 1.36. The molecule has 0 unspecified atom stereocenters. The molecule has 6 heteroatoms. The van der Waals surface area contributed by atoms with Crippen molar-refractivity contribution in [3.8, 4) is 17.7 Å². The minimum absolute atomic E-state index is 0.619. The summed E-state index contributed by atoms with van der Waals surface area (Å²) in [6, 6.07) is 41.3. The summed E-state index contributed by atoms with van der Waals surface area (Å²) in [5, 5.41) is 16.3. The van der Waals surface area contributed by atoms with E-state index in [1.165, 1.54) is 20.2 Å². The fourth-order valence-corrected chi connectivity index (χ4v) is 7.80. The second-order valence-electron chi connectivity index (χ2n) is 10.6. The average molecular weight is 566 g/mol. The molecule has 0 aliphatic carbocycles. The molecule has 0 radical (unpaired) electrons. The highest BCUT2D eigenvalue weighted by Crippen LogP contribution is 2.44. The predicted octanol–water partition coefficient (Wildman–Crippen LogP) is 10.1. The standard InChI is InChI=1S/C37H19N5S/c1-39-23-14-17-31-28(20-23)36-32(18-15-26-25-8-3-5-10-33(25)43-37(26)36)42(31)35-12-6-11-34(40-35)41-29-9-4-2-7-24(29)27-19-22(21-38)13-16-30(27)41/h2-20H. The number of nitriles is 1. The van der Waals surface area contributed by atoms with Crippen molar-refractivity contribution in [1.82, 2.24) is 14.1 Å². The van der Waals surface area contributed by atoms with E-state index in [0.29, 0.717) is 11.3 Å². The van der Waals surface area contributed by atoms with Crippen LogP contribution in [0, 0.1) is 17.9 Å². The van der Waals surface area contributed by atoms with Gasteiger partial charge in [0, 0.05) is 36.3 Å². The zero-order chi connectivity index (χ0) is 28.7. The maximum absolute atomic E-state index is 9.56. The van der Waals surface area contributed by atoms with Gasteiger partial charge in [-0.1, -0.05) is 54.6 Å². The first-order valence-corrected chi connectivity index (χ1v) is 14.7. The molecule has 198 valence electrons. The Bertz CT molecular complexity index is 2710. The van der Waals surface area contributed by atoms with Gasteiger partial charge in [-0.2, -0.15) is 5.26 Å². The number of benzene rings is 5. The van der Waals surface area contributed by atoms with Crippen LogP contribution in [0.25, 0.3) is 80.3 Å². The molecular weight excluding hydrogens is 547 g/mol. The highest BCUT2D eigenvalue weighted by molar-refractivity contribution is 7.26. The number of aromatic nitrogens is 3. The molecule has 0 aliphatic heterocycles. The van der Waals surface area contributed by atoms with Gasteiger partial charge in [-0.25, -0.2) is 9.83 Å². The summed E-state index contributed by atoms with van der Waals surface area (Å²) in [6.45, 7) is 7.70. The van der Waals surface area contributed by atoms with Gasteiger partial charge in [0.1, 0.15) is 11.6 Å². The maximum Gasteiger partial charge on any atom is 0.188 e. The van der Waals surface area contributed by atoms with Crippen molar-refractivity contribution in [3.05, 3.63) is 132 Å². The molecule has 0 fully saturated rings. The lowest BCUT2D eigenvalue weighted by molar-refractivity contribution is 1.01. The van der Waals surface area contributed by atoms with Crippen molar-refractivity contribution in [3.63, 3.8) is 0 Å². The van der Waals surface area contributed by atoms with Gasteiger partial charge >= 0.3 is 0 Å². The lowest BCUT2D eigenvalue weighted by atomic mass is 10.1. The SMILES string of the molecule is [C-]#[N+]c1ccc2c(c1)c1c3sc4ccccc4c3ccc1n2-c1cccc(-n2c3ccccc3c3cc(C#N)ccc32)n1. The van der Waals surface area contributed by atoms with Gasteiger partial charge in [0.2, 0.25) is 0 Å². The normalized spacial score (nSPS) is 11.7. The highest BCUT2D eigenvalue weighted by atomic mass is 32.1. The Morgan fingerprint density at radius 2 is 1.33 bits per heavy atom. The summed E-state index contributed by atoms with van der Waals surface area (Å²) in [5.41, 5.74) is 5.36. The minimum Gasteiger partial charge on any atom is -0.294 e. The monoisotopic (exact) mass is 565 g/mol. The van der Waals surface area contributed by atoms with E-state index in [2.05, 4.69) is 68.6 Å². The lowest BCUT2D eigenvalue weighted by Crippen LogP contribution is -2.03. The number of fused-ring (bicyclic) bond motifs is 10. The van der Waals surface area contributed by atoms with E-state index in [1.807, 2.05) is 66.7 Å². The number of hydrogen-bond donors (Lipinski definition) is 0. The van der Waals surface area contributed by atoms with Crippen LogP contribution < -0.4 is 0 Å². The number of pyridine rings is 1. The number of nitrogens with zero attached hydrogens (tertiary/aromatic N) is 5. The number of hydrogen-bond acceptors (Lipinski definition) is 3. The summed E-state index contributed by atoms with van der Waals surface area (Å²) in [5.74, 6) is 1.59. The molecule has 0 N–H and O–H groups in total. The van der Waals surface area contributed by atoms with Crippen LogP contribution in [0.4, 0.5) is 5.69 Å². The van der Waals surface area contributed by atoms with E-state index in [1.54, 1.807) is 11.3 Å². The largest absolute Gasteiger partial charge is 0.294 e. The van der Waals surface area contributed by atoms with Crippen LogP contribution in [0.15, 0.2) is 115 Å². The maximum atomic E-state index is 9.56. The van der Waals surface area contributed by atoms with Gasteiger partial charge in [-0.15, -0.1) is 11.3 Å². The van der Waals surface area contributed by atoms with Crippen LogP contribution in [0.5, 0.6) is 0 Å². The Morgan fingerprint density at radius 1 is 0.628 bits per heavy atom. The van der Waals surface area contributed by atoms with Crippen molar-refractivity contribution < 1.29 is 0 Å². The molecule has 0 saturated heterocycles. The first-order valence-electron chi connectivity index (χ1n) is 13.9. The molecule has 5 aromatic carbocycles. The minimum atomic E-state index is 0.619. The fraction of sp³-hybridized carbons (Fsp3) is 0. The van der Waals surface area contributed by atoms with Crippen molar-refractivity contribution in [2.24, 2.45) is 0 Å². The van der Waals surface area contributed by atoms with E-state index in [-0.39, 0.29) is 0 Å². The molecule has 0 bridgehead atoms. The quantitative estimate of drug-likeness (QED) is 0.196. The van der Waals surface area contributed by atoms with Gasteiger partial charge in [-0.05, 0) is 66.0 Å². The number of para-hydroxylation sites is 1. The van der Waals surface area contributed by atoms with E-state index in [0.717, 1.165) is 55.2 Å². The zero-order valence-electron chi connectivity index (χ0n) is 22.6. The molecule has 0 saturated carbocycles. The number of rotatable bonds is 2. The van der Waals surface area contributed by atoms with Crippen LogP contribution in [-0.2, 0) is 0 Å². The number of thiophene rings is 1. The smallest absolute Gasteiger partial charge is 0.188 e. The van der Waals surface area contributed by atoms with Crippen molar-refractivity contribution in [2.75, 3.05) is 0 Å². The molecule has 4 aromatic heterocycles. The van der Waals surface area contributed by atoms with Gasteiger partial charge in [0.25, 0.3) is 0 Å². The fourth-order valence-electron chi connectivity index (χ4n) is 6.54. The summed E-state index contributed by atoms with van der Waals surface area (Å²) in [4.78, 5) is 9.03. The van der Waals surface area contributed by atoms with Gasteiger partial charge in [0.15, 0.2) is 5.69 Å². The molecule has 9 rings (SSSR count). The Kier molecular flexibility index (Phi) is 4.84. The molecular formula is C37H19N5S. The molecule has 4 heterocycles. The second-order valence-corrected chi connectivity index (χ2v) is 11.7. The highest BCUT2D eigenvalue weighted by Gasteiger charge is 2.20. The molecule has 0 aliphatic rings. The van der Waals surface area contributed by atoms with E-state index in [4.69, 9.17) is 11.6 Å². The summed E-state index contributed by atoms with van der Waals surface area (Å²) in [6.07, 6.45) is 0. The van der Waals surface area contributed by atoms with Crippen LogP contribution in [0.3, 0.4) is 0 Å². The van der Waals surface area contributed by atoms with Crippen LogP contribution in [0.2, 0.25) is 0 Å². The average Bonchev–Trinajstić information content (AvgIpc) is 3.71. The first-order chi connectivity index (χ1) is 21.2. The molecule has 0 amide bonds. The van der Waals surface area contributed by atoms with Crippen LogP contribution >= 0.6 is 11.3 Å². The third kappa shape index (κ3) is 3.27. The molecule has 43 heavy (non-hydrogen) atoms. The van der Waals surface area contributed by atoms with Crippen LogP contribution in [-0.4, -0.2) is 14.1 Å². The summed E-state index contributed by atoms with van der Waals surface area (Å²) < 4.78 is 6.85. The topological polar surface area (TPSA) is 50.9 Å². The molecule has 0 atom stereocenters. The van der Waals surface area contributed by atoms with Crippen LogP contribution in [0.1, 0.15) is 5.56 Å². The Labute approximate surface area is 249 Å². The van der Waals surface area contributed by atoms with Crippen molar-refractivity contribution in [2.45, 2.75) is 0 Å². The third-order valence-electron chi connectivity index (χ3n) is 8.36. The second kappa shape index (κ2) is 8.77. The van der Waals surface area contributed by atoms with Crippen molar-refractivity contribution in [1.29, 1.82) is 5.26 Å². The molecule has 5 nitrogen and oxygen atoms in total. The van der Waals surface area contributed by atoms with Gasteiger partial charge in [-0.3, -0.25) is 9.13 Å². The Morgan fingerprint density at radius 3 is 2.16 bits per heavy atom. The first kappa shape index (κ1) is 23.7. The van der Waals surface area contributed by atoms with Crippen molar-refractivity contribution >= 4 is 80.8 Å². The summed E-state index contributed by atoms with van der Waals surface area (Å²) >= 11 is 1.80. The van der Waals surface area contributed by atoms with E-state index < -0.39 is 0 Å². The van der Waals surface area contributed by atoms with E-state index >= 15 is 0 Å². The van der Waals surface area contributed by atoms with Gasteiger partial charge in [0.05, 0.1) is 40.3 Å². The van der Waals surface area contributed by atoms with Gasteiger partial charge < -0.3 is 0 Å². The summed E-state index contributed by atoms with van der Waals surface area (Å²) in [7, 11) is 0. The third-order valence-corrected chi connectivity index (χ3v) is 9.57. The van der Waals surface area contributed by atoms with E-state index in [9.17, 15) is 5.26 Å². The predicted molar refractivity (Wildman–Crippen MR) is 177 cm³/mol. The molecule has 9 aromatic rings. The Hall–Kier alpha value is -5.95. The zero-order valence-corrected chi connectivity index (χ0v) is 23.4. The lowest BCUT2D eigenvalue weighted by Gasteiger charge is -2.11.